The Morgan fingerprint density at radius 1 is 1.43 bits per heavy atom. The molecule has 6 nitrogen and oxygen atoms in total. The van der Waals surface area contributed by atoms with Crippen molar-refractivity contribution in [3.05, 3.63) is 29.1 Å². The third-order valence-electron chi connectivity index (χ3n) is 3.81. The highest BCUT2D eigenvalue weighted by atomic mass is 32.1. The Bertz CT molecular complexity index is 699. The van der Waals surface area contributed by atoms with E-state index in [1.165, 1.54) is 11.3 Å². The molecule has 2 atom stereocenters. The summed E-state index contributed by atoms with van der Waals surface area (Å²) in [5.41, 5.74) is 1.84. The molecule has 2 heterocycles. The fourth-order valence-corrected chi connectivity index (χ4v) is 3.41. The molecule has 0 bridgehead atoms. The molecule has 0 spiro atoms. The Balaban J connectivity index is 1.73. The van der Waals surface area contributed by atoms with E-state index in [4.69, 9.17) is 4.74 Å². The molecular formula is C16H19N3O3S. The van der Waals surface area contributed by atoms with Gasteiger partial charge in [-0.05, 0) is 37.6 Å². The van der Waals surface area contributed by atoms with Gasteiger partial charge in [0.15, 0.2) is 5.13 Å². The summed E-state index contributed by atoms with van der Waals surface area (Å²) in [6, 6.07) is 7.30. The largest absolute Gasteiger partial charge is 0.497 e. The van der Waals surface area contributed by atoms with Gasteiger partial charge in [-0.2, -0.15) is 0 Å². The molecule has 2 unspecified atom stereocenters. The number of ether oxygens (including phenoxy) is 1. The summed E-state index contributed by atoms with van der Waals surface area (Å²) in [7, 11) is 1.63. The average Bonchev–Trinajstić information content (AvgIpc) is 3.13. The van der Waals surface area contributed by atoms with E-state index < -0.39 is 6.10 Å². The van der Waals surface area contributed by atoms with Gasteiger partial charge in [0.25, 0.3) is 0 Å². The molecule has 0 aliphatic carbocycles. The number of aromatic nitrogens is 1. The van der Waals surface area contributed by atoms with Gasteiger partial charge < -0.3 is 20.5 Å². The van der Waals surface area contributed by atoms with Gasteiger partial charge in [-0.3, -0.25) is 4.79 Å². The minimum atomic E-state index is -0.460. The Kier molecular flexibility index (Phi) is 4.61. The van der Waals surface area contributed by atoms with Crippen LogP contribution in [0.25, 0.3) is 11.3 Å². The highest BCUT2D eigenvalue weighted by Gasteiger charge is 2.28. The minimum Gasteiger partial charge on any atom is -0.497 e. The van der Waals surface area contributed by atoms with Crippen LogP contribution in [0.15, 0.2) is 24.3 Å². The minimum absolute atomic E-state index is 0.156. The van der Waals surface area contributed by atoms with E-state index in [-0.39, 0.29) is 11.9 Å². The molecular weight excluding hydrogens is 314 g/mol. The predicted octanol–water partition coefficient (Wildman–Crippen LogP) is 1.79. The molecule has 0 saturated carbocycles. The molecule has 23 heavy (non-hydrogen) atoms. The molecule has 1 saturated heterocycles. The number of rotatable bonds is 4. The second-order valence-electron chi connectivity index (χ2n) is 5.49. The molecule has 1 aliphatic heterocycles. The molecule has 122 valence electrons. The van der Waals surface area contributed by atoms with Crippen molar-refractivity contribution in [1.29, 1.82) is 0 Å². The topological polar surface area (TPSA) is 83.5 Å². The molecule has 0 radical (unpaired) electrons. The fraction of sp³-hybridized carbons (Fsp3) is 0.375. The number of aliphatic hydroxyl groups is 1. The number of hydrogen-bond donors (Lipinski definition) is 3. The lowest BCUT2D eigenvalue weighted by Gasteiger charge is -2.08. The third-order valence-corrected chi connectivity index (χ3v) is 4.70. The zero-order valence-electron chi connectivity index (χ0n) is 13.0. The highest BCUT2D eigenvalue weighted by Crippen LogP contribution is 2.31. The lowest BCUT2D eigenvalue weighted by molar-refractivity contribution is -0.117. The van der Waals surface area contributed by atoms with Crippen LogP contribution < -0.4 is 15.4 Å². The van der Waals surface area contributed by atoms with E-state index in [0.717, 1.165) is 21.9 Å². The van der Waals surface area contributed by atoms with E-state index >= 15 is 0 Å². The van der Waals surface area contributed by atoms with Crippen molar-refractivity contribution in [1.82, 2.24) is 10.3 Å². The summed E-state index contributed by atoms with van der Waals surface area (Å²) in [6.07, 6.45) is -0.0275. The number of amides is 1. The Hall–Kier alpha value is -1.96. The van der Waals surface area contributed by atoms with Gasteiger partial charge in [0.2, 0.25) is 5.91 Å². The molecule has 3 N–H and O–H groups in total. The molecule has 1 aromatic heterocycles. The van der Waals surface area contributed by atoms with Crippen LogP contribution in [-0.4, -0.2) is 41.8 Å². The van der Waals surface area contributed by atoms with Gasteiger partial charge in [-0.1, -0.05) is 0 Å². The van der Waals surface area contributed by atoms with E-state index in [1.807, 2.05) is 31.2 Å². The SMILES string of the molecule is COc1ccc(-c2nc(NC(=O)C3CC(O)CN3)sc2C)cc1. The summed E-state index contributed by atoms with van der Waals surface area (Å²) in [4.78, 5) is 17.7. The second kappa shape index (κ2) is 6.66. The molecule has 7 heteroatoms. The summed E-state index contributed by atoms with van der Waals surface area (Å²) in [5.74, 6) is 0.637. The normalized spacial score (nSPS) is 20.5. The van der Waals surface area contributed by atoms with Gasteiger partial charge in [0, 0.05) is 17.0 Å². The van der Waals surface area contributed by atoms with Gasteiger partial charge >= 0.3 is 0 Å². The Morgan fingerprint density at radius 3 is 2.78 bits per heavy atom. The maximum atomic E-state index is 12.2. The first-order valence-electron chi connectivity index (χ1n) is 7.41. The fourth-order valence-electron chi connectivity index (χ4n) is 2.58. The Morgan fingerprint density at radius 2 is 2.17 bits per heavy atom. The first kappa shape index (κ1) is 15.9. The van der Waals surface area contributed by atoms with Crippen molar-refractivity contribution in [2.24, 2.45) is 0 Å². The lowest BCUT2D eigenvalue weighted by Crippen LogP contribution is -2.35. The number of thiazole rings is 1. The van der Waals surface area contributed by atoms with Crippen molar-refractivity contribution in [2.75, 3.05) is 19.0 Å². The number of nitrogens with zero attached hydrogens (tertiary/aromatic N) is 1. The first-order valence-corrected chi connectivity index (χ1v) is 8.22. The van der Waals surface area contributed by atoms with Crippen molar-refractivity contribution >= 4 is 22.4 Å². The van der Waals surface area contributed by atoms with Gasteiger partial charge in [-0.15, -0.1) is 11.3 Å². The van der Waals surface area contributed by atoms with Crippen LogP contribution in [0.4, 0.5) is 5.13 Å². The number of methoxy groups -OCH3 is 1. The van der Waals surface area contributed by atoms with E-state index in [9.17, 15) is 9.90 Å². The average molecular weight is 333 g/mol. The van der Waals surface area contributed by atoms with Crippen LogP contribution >= 0.6 is 11.3 Å². The number of benzene rings is 1. The van der Waals surface area contributed by atoms with E-state index in [2.05, 4.69) is 15.6 Å². The summed E-state index contributed by atoms with van der Waals surface area (Å²) in [5, 5.41) is 15.9. The number of β-amino-alcohol motifs (C(OH)–C–C–N with tert-alkyl or cyclic N) is 1. The number of nitrogens with one attached hydrogen (secondary N) is 2. The summed E-state index contributed by atoms with van der Waals surface area (Å²) < 4.78 is 5.16. The molecule has 1 aromatic carbocycles. The Labute approximate surface area is 138 Å². The zero-order valence-corrected chi connectivity index (χ0v) is 13.8. The van der Waals surface area contributed by atoms with Gasteiger partial charge in [-0.25, -0.2) is 4.98 Å². The van der Waals surface area contributed by atoms with Crippen LogP contribution in [0.2, 0.25) is 0 Å². The van der Waals surface area contributed by atoms with Crippen LogP contribution in [0.5, 0.6) is 5.75 Å². The summed E-state index contributed by atoms with van der Waals surface area (Å²) >= 11 is 1.44. The maximum absolute atomic E-state index is 12.2. The quantitative estimate of drug-likeness (QED) is 0.794. The van der Waals surface area contributed by atoms with Crippen molar-refractivity contribution in [3.8, 4) is 17.0 Å². The van der Waals surface area contributed by atoms with E-state index in [1.54, 1.807) is 7.11 Å². The van der Waals surface area contributed by atoms with Crippen molar-refractivity contribution < 1.29 is 14.6 Å². The number of carbonyl (C=O) groups is 1. The lowest BCUT2D eigenvalue weighted by atomic mass is 10.1. The standard InChI is InChI=1S/C16H19N3O3S/c1-9-14(10-3-5-12(22-2)6-4-10)18-16(23-9)19-15(21)13-7-11(20)8-17-13/h3-6,11,13,17,20H,7-8H2,1-2H3,(H,18,19,21). The summed E-state index contributed by atoms with van der Waals surface area (Å²) in [6.45, 7) is 2.43. The second-order valence-corrected chi connectivity index (χ2v) is 6.70. The highest BCUT2D eigenvalue weighted by molar-refractivity contribution is 7.16. The number of aliphatic hydroxyl groups excluding tert-OH is 1. The smallest absolute Gasteiger partial charge is 0.243 e. The number of carbonyl (C=O) groups excluding carboxylic acids is 1. The zero-order chi connectivity index (χ0) is 16.4. The number of aryl methyl sites for hydroxylation is 1. The van der Waals surface area contributed by atoms with Crippen molar-refractivity contribution in [2.45, 2.75) is 25.5 Å². The molecule has 2 aromatic rings. The predicted molar refractivity (Wildman–Crippen MR) is 89.9 cm³/mol. The number of anilines is 1. The van der Waals surface area contributed by atoms with E-state index in [0.29, 0.717) is 18.1 Å². The molecule has 1 fully saturated rings. The van der Waals surface area contributed by atoms with Crippen LogP contribution in [0.3, 0.4) is 0 Å². The first-order chi connectivity index (χ1) is 11.1. The molecule has 1 amide bonds. The van der Waals surface area contributed by atoms with Crippen LogP contribution in [0.1, 0.15) is 11.3 Å². The van der Waals surface area contributed by atoms with Gasteiger partial charge in [0.05, 0.1) is 24.9 Å². The number of hydrogen-bond acceptors (Lipinski definition) is 6. The maximum Gasteiger partial charge on any atom is 0.243 e. The molecule has 3 rings (SSSR count). The monoisotopic (exact) mass is 333 g/mol. The van der Waals surface area contributed by atoms with Crippen LogP contribution in [0, 0.1) is 6.92 Å². The molecule has 1 aliphatic rings. The van der Waals surface area contributed by atoms with Crippen molar-refractivity contribution in [3.63, 3.8) is 0 Å². The third kappa shape index (κ3) is 3.52. The van der Waals surface area contributed by atoms with Gasteiger partial charge in [0.1, 0.15) is 5.75 Å². The van der Waals surface area contributed by atoms with Crippen LogP contribution in [-0.2, 0) is 4.79 Å².